The normalized spacial score (nSPS) is 19.5. The molecule has 70 valence electrons. The molecule has 1 aromatic carbocycles. The first kappa shape index (κ1) is 8.51. The number of phenols is 1. The second-order valence-electron chi connectivity index (χ2n) is 3.60. The van der Waals surface area contributed by atoms with Crippen molar-refractivity contribution in [3.8, 4) is 5.75 Å². The highest BCUT2D eigenvalue weighted by molar-refractivity contribution is 5.27. The smallest absolute Gasteiger partial charge is 0.139 e. The second kappa shape index (κ2) is 3.00. The number of aromatic hydroxyl groups is 1. The minimum Gasteiger partial charge on any atom is -0.508 e. The molecule has 1 heterocycles. The van der Waals surface area contributed by atoms with E-state index in [2.05, 4.69) is 5.32 Å². The van der Waals surface area contributed by atoms with E-state index < -0.39 is 5.67 Å². The summed E-state index contributed by atoms with van der Waals surface area (Å²) in [6.07, 6.45) is 0.431. The van der Waals surface area contributed by atoms with E-state index >= 15 is 0 Å². The summed E-state index contributed by atoms with van der Waals surface area (Å²) in [5.74, 6) is 0.225. The first-order valence-electron chi connectivity index (χ1n) is 4.36. The van der Waals surface area contributed by atoms with Crippen LogP contribution in [0.2, 0.25) is 0 Å². The zero-order valence-corrected chi connectivity index (χ0v) is 7.26. The molecule has 13 heavy (non-hydrogen) atoms. The quantitative estimate of drug-likeness (QED) is 0.719. The number of hydrogen-bond acceptors (Lipinski definition) is 2. The number of rotatable bonds is 2. The summed E-state index contributed by atoms with van der Waals surface area (Å²) in [6.45, 7) is 0.877. The molecule has 0 saturated carbocycles. The number of halogens is 1. The summed E-state index contributed by atoms with van der Waals surface area (Å²) in [6, 6.07) is 6.69. The Morgan fingerprint density at radius 3 is 2.38 bits per heavy atom. The predicted molar refractivity (Wildman–Crippen MR) is 48.5 cm³/mol. The van der Waals surface area contributed by atoms with E-state index in [1.54, 1.807) is 24.3 Å². The predicted octanol–water partition coefficient (Wildman–Crippen LogP) is 1.25. The Morgan fingerprint density at radius 1 is 1.31 bits per heavy atom. The molecule has 1 aromatic rings. The third-order valence-electron chi connectivity index (χ3n) is 2.34. The van der Waals surface area contributed by atoms with Crippen molar-refractivity contribution in [2.24, 2.45) is 0 Å². The van der Waals surface area contributed by atoms with Crippen molar-refractivity contribution in [2.45, 2.75) is 12.1 Å². The van der Waals surface area contributed by atoms with Gasteiger partial charge in [-0.15, -0.1) is 0 Å². The van der Waals surface area contributed by atoms with Gasteiger partial charge in [0.25, 0.3) is 0 Å². The van der Waals surface area contributed by atoms with Crippen LogP contribution in [0.3, 0.4) is 0 Å². The average molecular weight is 181 g/mol. The summed E-state index contributed by atoms with van der Waals surface area (Å²) in [7, 11) is 0. The molecular formula is C10H12FNO. The lowest BCUT2D eigenvalue weighted by molar-refractivity contribution is 0.0911. The van der Waals surface area contributed by atoms with E-state index in [1.165, 1.54) is 0 Å². The molecule has 0 bridgehead atoms. The third-order valence-corrected chi connectivity index (χ3v) is 2.34. The molecule has 1 aliphatic rings. The zero-order chi connectivity index (χ0) is 9.31. The van der Waals surface area contributed by atoms with E-state index in [4.69, 9.17) is 5.11 Å². The molecule has 1 fully saturated rings. The molecule has 0 spiro atoms. The molecule has 0 amide bonds. The van der Waals surface area contributed by atoms with Crippen molar-refractivity contribution in [1.82, 2.24) is 5.32 Å². The Balaban J connectivity index is 2.05. The lowest BCUT2D eigenvalue weighted by atomic mass is 9.91. The number of benzene rings is 1. The molecule has 2 nitrogen and oxygen atoms in total. The highest BCUT2D eigenvalue weighted by atomic mass is 19.1. The molecule has 0 atom stereocenters. The van der Waals surface area contributed by atoms with Gasteiger partial charge in [-0.25, -0.2) is 4.39 Å². The van der Waals surface area contributed by atoms with Gasteiger partial charge in [-0.3, -0.25) is 0 Å². The van der Waals surface area contributed by atoms with Crippen LogP contribution in [0.25, 0.3) is 0 Å². The van der Waals surface area contributed by atoms with E-state index in [0.717, 1.165) is 5.56 Å². The summed E-state index contributed by atoms with van der Waals surface area (Å²) >= 11 is 0. The number of hydrogen-bond donors (Lipinski definition) is 2. The maximum Gasteiger partial charge on any atom is 0.139 e. The largest absolute Gasteiger partial charge is 0.508 e. The molecule has 1 saturated heterocycles. The van der Waals surface area contributed by atoms with Crippen LogP contribution in [0, 0.1) is 0 Å². The van der Waals surface area contributed by atoms with Crippen LogP contribution in [0.15, 0.2) is 24.3 Å². The summed E-state index contributed by atoms with van der Waals surface area (Å²) in [5.41, 5.74) is -0.140. The van der Waals surface area contributed by atoms with Gasteiger partial charge in [-0.05, 0) is 17.7 Å². The topological polar surface area (TPSA) is 32.3 Å². The Labute approximate surface area is 76.4 Å². The van der Waals surface area contributed by atoms with Crippen molar-refractivity contribution < 1.29 is 9.50 Å². The van der Waals surface area contributed by atoms with Gasteiger partial charge < -0.3 is 10.4 Å². The van der Waals surface area contributed by atoms with Gasteiger partial charge in [0.2, 0.25) is 0 Å². The molecular weight excluding hydrogens is 169 g/mol. The summed E-state index contributed by atoms with van der Waals surface area (Å²) in [4.78, 5) is 0. The maximum atomic E-state index is 13.6. The van der Waals surface area contributed by atoms with Crippen LogP contribution >= 0.6 is 0 Å². The molecule has 1 aliphatic heterocycles. The lowest BCUT2D eigenvalue weighted by Crippen LogP contribution is -2.57. The minimum atomic E-state index is -1.07. The number of nitrogens with one attached hydrogen (secondary N) is 1. The van der Waals surface area contributed by atoms with Gasteiger partial charge in [0.05, 0.1) is 0 Å². The molecule has 3 heteroatoms. The molecule has 0 aliphatic carbocycles. The maximum absolute atomic E-state index is 13.6. The Morgan fingerprint density at radius 2 is 1.92 bits per heavy atom. The fraction of sp³-hybridized carbons (Fsp3) is 0.400. The van der Waals surface area contributed by atoms with Crippen molar-refractivity contribution in [3.63, 3.8) is 0 Å². The van der Waals surface area contributed by atoms with Crippen LogP contribution in [0.5, 0.6) is 5.75 Å². The van der Waals surface area contributed by atoms with Crippen LogP contribution in [-0.4, -0.2) is 23.9 Å². The lowest BCUT2D eigenvalue weighted by Gasteiger charge is -2.35. The van der Waals surface area contributed by atoms with Crippen LogP contribution in [0.4, 0.5) is 4.39 Å². The SMILES string of the molecule is Oc1ccc(CC2(F)CNC2)cc1. The van der Waals surface area contributed by atoms with Gasteiger partial charge in [-0.2, -0.15) is 0 Å². The van der Waals surface area contributed by atoms with E-state index in [-0.39, 0.29) is 5.75 Å². The fourth-order valence-corrected chi connectivity index (χ4v) is 1.50. The van der Waals surface area contributed by atoms with Crippen LogP contribution in [-0.2, 0) is 6.42 Å². The highest BCUT2D eigenvalue weighted by Gasteiger charge is 2.36. The Kier molecular flexibility index (Phi) is 1.96. The molecule has 0 aromatic heterocycles. The van der Waals surface area contributed by atoms with E-state index in [1.807, 2.05) is 0 Å². The second-order valence-corrected chi connectivity index (χ2v) is 3.60. The van der Waals surface area contributed by atoms with Gasteiger partial charge >= 0.3 is 0 Å². The van der Waals surface area contributed by atoms with Gasteiger partial charge in [0.15, 0.2) is 0 Å². The highest BCUT2D eigenvalue weighted by Crippen LogP contribution is 2.23. The van der Waals surface area contributed by atoms with Crippen LogP contribution in [0.1, 0.15) is 5.56 Å². The molecule has 2 rings (SSSR count). The Hall–Kier alpha value is -1.09. The van der Waals surface area contributed by atoms with Crippen LogP contribution < -0.4 is 5.32 Å². The van der Waals surface area contributed by atoms with E-state index in [9.17, 15) is 4.39 Å². The standard InChI is InChI=1S/C10H12FNO/c11-10(6-12-7-10)5-8-1-3-9(13)4-2-8/h1-4,12-13H,5-7H2. The number of phenolic OH excluding ortho intramolecular Hbond substituents is 1. The summed E-state index contributed by atoms with van der Waals surface area (Å²) in [5, 5.41) is 11.9. The van der Waals surface area contributed by atoms with Crippen molar-refractivity contribution in [1.29, 1.82) is 0 Å². The fourth-order valence-electron chi connectivity index (χ4n) is 1.50. The minimum absolute atomic E-state index is 0.225. The molecule has 0 radical (unpaired) electrons. The first-order chi connectivity index (χ1) is 6.18. The number of alkyl halides is 1. The molecule has 0 unspecified atom stereocenters. The average Bonchev–Trinajstić information content (AvgIpc) is 2.06. The zero-order valence-electron chi connectivity index (χ0n) is 7.26. The Bertz CT molecular complexity index is 292. The van der Waals surface area contributed by atoms with Gasteiger partial charge in [0, 0.05) is 19.5 Å². The third kappa shape index (κ3) is 1.80. The van der Waals surface area contributed by atoms with Gasteiger partial charge in [0.1, 0.15) is 11.4 Å². The van der Waals surface area contributed by atoms with Gasteiger partial charge in [-0.1, -0.05) is 12.1 Å². The summed E-state index contributed by atoms with van der Waals surface area (Å²) < 4.78 is 13.6. The van der Waals surface area contributed by atoms with Crippen molar-refractivity contribution in [3.05, 3.63) is 29.8 Å². The first-order valence-corrected chi connectivity index (χ1v) is 4.36. The van der Waals surface area contributed by atoms with E-state index in [0.29, 0.717) is 19.5 Å². The monoisotopic (exact) mass is 181 g/mol. The molecule has 2 N–H and O–H groups in total. The van der Waals surface area contributed by atoms with Crippen molar-refractivity contribution in [2.75, 3.05) is 13.1 Å². The van der Waals surface area contributed by atoms with Crippen molar-refractivity contribution >= 4 is 0 Å².